The summed E-state index contributed by atoms with van der Waals surface area (Å²) in [4.78, 5) is 12.1. The number of benzene rings is 4. The fourth-order valence-corrected chi connectivity index (χ4v) is 4.97. The number of alkyl halides is 6. The number of amides is 1. The van der Waals surface area contributed by atoms with Gasteiger partial charge in [0.25, 0.3) is 5.91 Å². The van der Waals surface area contributed by atoms with E-state index in [-0.39, 0.29) is 17.8 Å². The van der Waals surface area contributed by atoms with Gasteiger partial charge in [-0.3, -0.25) is 14.2 Å². The van der Waals surface area contributed by atoms with Crippen LogP contribution in [-0.2, 0) is 33.0 Å². The van der Waals surface area contributed by atoms with Crippen molar-refractivity contribution in [1.82, 2.24) is 19.6 Å². The third kappa shape index (κ3) is 9.41. The second kappa shape index (κ2) is 15.2. The number of carbonyl (C=O) groups excluding carboxylic acids is 1. The van der Waals surface area contributed by atoms with Gasteiger partial charge in [0.1, 0.15) is 23.3 Å². The summed E-state index contributed by atoms with van der Waals surface area (Å²) >= 11 is 0. The highest BCUT2D eigenvalue weighted by molar-refractivity contribution is 6.04. The topological polar surface area (TPSA) is 76.8 Å². The smallest absolute Gasteiger partial charge is 0.381 e. The number of aromatic nitrogens is 4. The van der Waals surface area contributed by atoms with Crippen molar-refractivity contribution in [2.45, 2.75) is 18.9 Å². The molecule has 0 atom stereocenters. The molecule has 17 heteroatoms. The lowest BCUT2D eigenvalue weighted by Crippen LogP contribution is -2.13. The molecule has 53 heavy (non-hydrogen) atoms. The molecule has 6 aromatic rings. The van der Waals surface area contributed by atoms with Crippen molar-refractivity contribution in [3.05, 3.63) is 143 Å². The normalized spacial score (nSPS) is 11.5. The van der Waals surface area contributed by atoms with Crippen LogP contribution in [0.1, 0.15) is 27.3 Å². The number of halogens is 10. The standard InChI is InChI=1S/C18H12F5N3O.C18H14F5N3/c1-26-15(9-16(25-26)18(21,22)23)10-2-5-12(6-3-10)24-17(27)13-7-4-11(19)8-14(13)20;1-26-16(9-17(25-26)18(21,22)23)11-3-6-14(7-4-11)24-10-12-2-5-13(19)8-15(12)20/h2-9H,1H3,(H,24,27);2-9,24H,10H2,1H3. The third-order valence-corrected chi connectivity index (χ3v) is 7.63. The first-order valence-electron chi connectivity index (χ1n) is 15.3. The Hall–Kier alpha value is -6.13. The number of anilines is 2. The van der Waals surface area contributed by atoms with Crippen LogP contribution in [0.4, 0.5) is 55.3 Å². The van der Waals surface area contributed by atoms with Crippen LogP contribution in [0.2, 0.25) is 0 Å². The van der Waals surface area contributed by atoms with E-state index in [1.54, 1.807) is 24.3 Å². The molecule has 1 amide bonds. The Labute approximate surface area is 294 Å². The second-order valence-electron chi connectivity index (χ2n) is 11.4. The van der Waals surface area contributed by atoms with Gasteiger partial charge in [0.05, 0.1) is 17.0 Å². The minimum Gasteiger partial charge on any atom is -0.381 e. The summed E-state index contributed by atoms with van der Waals surface area (Å²) in [6.45, 7) is 0.148. The molecule has 2 heterocycles. The van der Waals surface area contributed by atoms with Gasteiger partial charge in [0, 0.05) is 49.7 Å². The fourth-order valence-electron chi connectivity index (χ4n) is 4.97. The van der Waals surface area contributed by atoms with Crippen molar-refractivity contribution in [2.75, 3.05) is 10.6 Å². The first-order valence-corrected chi connectivity index (χ1v) is 15.3. The number of hydrogen-bond acceptors (Lipinski definition) is 4. The Kier molecular flexibility index (Phi) is 11.0. The van der Waals surface area contributed by atoms with Crippen LogP contribution in [0.5, 0.6) is 0 Å². The summed E-state index contributed by atoms with van der Waals surface area (Å²) in [7, 11) is 2.83. The largest absolute Gasteiger partial charge is 0.435 e. The highest BCUT2D eigenvalue weighted by Crippen LogP contribution is 2.33. The molecule has 0 radical (unpaired) electrons. The van der Waals surface area contributed by atoms with E-state index in [1.165, 1.54) is 55.2 Å². The van der Waals surface area contributed by atoms with E-state index in [1.807, 2.05) is 0 Å². The zero-order chi connectivity index (χ0) is 38.7. The van der Waals surface area contributed by atoms with Crippen molar-refractivity contribution in [2.24, 2.45) is 14.1 Å². The second-order valence-corrected chi connectivity index (χ2v) is 11.4. The average molecular weight is 749 g/mol. The van der Waals surface area contributed by atoms with Gasteiger partial charge in [-0.05, 0) is 65.7 Å². The van der Waals surface area contributed by atoms with E-state index in [9.17, 15) is 48.7 Å². The molecule has 0 unspecified atom stereocenters. The van der Waals surface area contributed by atoms with Crippen molar-refractivity contribution in [3.63, 3.8) is 0 Å². The van der Waals surface area contributed by atoms with Gasteiger partial charge in [-0.2, -0.15) is 36.5 Å². The van der Waals surface area contributed by atoms with Gasteiger partial charge >= 0.3 is 12.4 Å². The molecule has 0 aliphatic carbocycles. The summed E-state index contributed by atoms with van der Waals surface area (Å²) in [5, 5.41) is 12.3. The van der Waals surface area contributed by atoms with Crippen LogP contribution in [0, 0.1) is 23.3 Å². The lowest BCUT2D eigenvalue weighted by molar-refractivity contribution is -0.142. The Bertz CT molecular complexity index is 2220. The van der Waals surface area contributed by atoms with Gasteiger partial charge in [0.2, 0.25) is 0 Å². The molecule has 2 N–H and O–H groups in total. The summed E-state index contributed by atoms with van der Waals surface area (Å²) in [5.74, 6) is -3.88. The van der Waals surface area contributed by atoms with Gasteiger partial charge in [-0.15, -0.1) is 0 Å². The predicted molar refractivity (Wildman–Crippen MR) is 175 cm³/mol. The van der Waals surface area contributed by atoms with E-state index in [4.69, 9.17) is 0 Å². The maximum atomic E-state index is 13.6. The van der Waals surface area contributed by atoms with Gasteiger partial charge in [-0.1, -0.05) is 30.3 Å². The SMILES string of the molecule is Cn1nc(C(F)(F)F)cc1-c1ccc(NC(=O)c2ccc(F)cc2F)cc1.Cn1nc(C(F)(F)F)cc1-c1ccc(NCc2ccc(F)cc2F)cc1. The number of hydrogen-bond donors (Lipinski definition) is 2. The quantitative estimate of drug-likeness (QED) is 0.160. The summed E-state index contributed by atoms with van der Waals surface area (Å²) in [6, 6.07) is 20.3. The molecule has 0 fully saturated rings. The molecular formula is C36H26F10N6O. The maximum absolute atomic E-state index is 13.6. The van der Waals surface area contributed by atoms with Crippen molar-refractivity contribution >= 4 is 17.3 Å². The molecule has 276 valence electrons. The highest BCUT2D eigenvalue weighted by Gasteiger charge is 2.35. The number of nitrogens with one attached hydrogen (secondary N) is 2. The molecule has 0 bridgehead atoms. The van der Waals surface area contributed by atoms with E-state index in [0.717, 1.165) is 35.0 Å². The molecule has 0 aliphatic rings. The average Bonchev–Trinajstić information content (AvgIpc) is 3.68. The minimum atomic E-state index is -4.55. The van der Waals surface area contributed by atoms with E-state index in [0.29, 0.717) is 39.8 Å². The van der Waals surface area contributed by atoms with Gasteiger partial charge < -0.3 is 10.6 Å². The molecule has 7 nitrogen and oxygen atoms in total. The molecule has 4 aromatic carbocycles. The first-order chi connectivity index (χ1) is 24.9. The maximum Gasteiger partial charge on any atom is 0.435 e. The zero-order valence-corrected chi connectivity index (χ0v) is 27.4. The highest BCUT2D eigenvalue weighted by atomic mass is 19.4. The molecule has 2 aromatic heterocycles. The molecule has 0 aliphatic heterocycles. The number of aryl methyl sites for hydroxylation is 2. The Morgan fingerprint density at radius 2 is 1.06 bits per heavy atom. The van der Waals surface area contributed by atoms with Crippen LogP contribution in [0.25, 0.3) is 22.5 Å². The van der Waals surface area contributed by atoms with Crippen LogP contribution in [0.3, 0.4) is 0 Å². The first kappa shape index (κ1) is 38.1. The minimum absolute atomic E-state index is 0.148. The zero-order valence-electron chi connectivity index (χ0n) is 27.4. The summed E-state index contributed by atoms with van der Waals surface area (Å²) < 4.78 is 132. The summed E-state index contributed by atoms with van der Waals surface area (Å²) in [5.41, 5.74) is 0.534. The monoisotopic (exact) mass is 748 g/mol. The molecule has 0 saturated carbocycles. The van der Waals surface area contributed by atoms with Gasteiger partial charge in [0.15, 0.2) is 11.4 Å². The predicted octanol–water partition coefficient (Wildman–Crippen LogP) is 9.63. The van der Waals surface area contributed by atoms with E-state index >= 15 is 0 Å². The van der Waals surface area contributed by atoms with Crippen molar-refractivity contribution in [1.29, 1.82) is 0 Å². The van der Waals surface area contributed by atoms with Crippen molar-refractivity contribution in [3.8, 4) is 22.5 Å². The number of rotatable bonds is 7. The van der Waals surface area contributed by atoms with E-state index < -0.39 is 52.9 Å². The number of nitrogens with zero attached hydrogens (tertiary/aromatic N) is 4. The van der Waals surface area contributed by atoms with Crippen LogP contribution < -0.4 is 10.6 Å². The lowest BCUT2D eigenvalue weighted by Gasteiger charge is -2.09. The molecule has 0 spiro atoms. The Morgan fingerprint density at radius 1 is 0.604 bits per heavy atom. The van der Waals surface area contributed by atoms with E-state index in [2.05, 4.69) is 20.8 Å². The van der Waals surface area contributed by atoms with Crippen LogP contribution in [-0.4, -0.2) is 25.5 Å². The van der Waals surface area contributed by atoms with Gasteiger partial charge in [-0.25, -0.2) is 17.6 Å². The Morgan fingerprint density at radius 3 is 1.49 bits per heavy atom. The molecule has 6 rings (SSSR count). The molecular weight excluding hydrogens is 722 g/mol. The van der Waals surface area contributed by atoms with Crippen LogP contribution >= 0.6 is 0 Å². The molecule has 0 saturated heterocycles. The van der Waals surface area contributed by atoms with Crippen LogP contribution in [0.15, 0.2) is 97.1 Å². The van der Waals surface area contributed by atoms with Crippen molar-refractivity contribution < 1.29 is 48.7 Å². The third-order valence-electron chi connectivity index (χ3n) is 7.63. The lowest BCUT2D eigenvalue weighted by atomic mass is 10.1. The fraction of sp³-hybridized carbons (Fsp3) is 0.139. The Balaban J connectivity index is 0.000000204. The number of carbonyl (C=O) groups is 1. The summed E-state index contributed by atoms with van der Waals surface area (Å²) in [6.07, 6.45) is -9.06.